The number of urea groups is 1. The SMILES string of the molecule is CNCCCN(C)C(=O)NC(CO)C(=O)O. The molecule has 2 amide bonds. The minimum atomic E-state index is -1.25. The highest BCUT2D eigenvalue weighted by Crippen LogP contribution is 1.90. The molecule has 0 aliphatic carbocycles. The van der Waals surface area contributed by atoms with Gasteiger partial charge in [-0.2, -0.15) is 0 Å². The maximum absolute atomic E-state index is 11.4. The van der Waals surface area contributed by atoms with E-state index in [1.807, 2.05) is 7.05 Å². The lowest BCUT2D eigenvalue weighted by Gasteiger charge is -2.20. The molecule has 0 aromatic heterocycles. The first-order valence-corrected chi connectivity index (χ1v) is 5.02. The van der Waals surface area contributed by atoms with Crippen molar-refractivity contribution in [2.45, 2.75) is 12.5 Å². The van der Waals surface area contributed by atoms with Crippen molar-refractivity contribution in [3.8, 4) is 0 Å². The second-order valence-corrected chi connectivity index (χ2v) is 3.40. The Balaban J connectivity index is 3.98. The van der Waals surface area contributed by atoms with Crippen LogP contribution in [-0.4, -0.2) is 66.9 Å². The maximum Gasteiger partial charge on any atom is 0.328 e. The van der Waals surface area contributed by atoms with Gasteiger partial charge in [0, 0.05) is 13.6 Å². The van der Waals surface area contributed by atoms with Gasteiger partial charge in [-0.15, -0.1) is 0 Å². The Labute approximate surface area is 94.4 Å². The molecule has 1 unspecified atom stereocenters. The van der Waals surface area contributed by atoms with E-state index in [1.165, 1.54) is 4.90 Å². The number of aliphatic hydroxyl groups excluding tert-OH is 1. The van der Waals surface area contributed by atoms with Crippen molar-refractivity contribution >= 4 is 12.0 Å². The molecule has 0 spiro atoms. The minimum absolute atomic E-state index is 0.502. The molecule has 0 fully saturated rings. The molecule has 0 aromatic rings. The third-order valence-corrected chi connectivity index (χ3v) is 2.05. The summed E-state index contributed by atoms with van der Waals surface area (Å²) in [5.41, 5.74) is 0. The molecular weight excluding hydrogens is 214 g/mol. The van der Waals surface area contributed by atoms with Gasteiger partial charge in [-0.1, -0.05) is 0 Å². The summed E-state index contributed by atoms with van der Waals surface area (Å²) in [5.74, 6) is -1.25. The Kier molecular flexibility index (Phi) is 7.23. The van der Waals surface area contributed by atoms with E-state index in [2.05, 4.69) is 10.6 Å². The van der Waals surface area contributed by atoms with Crippen molar-refractivity contribution in [2.75, 3.05) is 33.8 Å². The van der Waals surface area contributed by atoms with Crippen LogP contribution < -0.4 is 10.6 Å². The zero-order valence-corrected chi connectivity index (χ0v) is 9.56. The Morgan fingerprint density at radius 3 is 2.50 bits per heavy atom. The van der Waals surface area contributed by atoms with Crippen LogP contribution in [0.25, 0.3) is 0 Å². The normalized spacial score (nSPS) is 11.9. The number of aliphatic carboxylic acids is 1. The molecule has 0 heterocycles. The summed E-state index contributed by atoms with van der Waals surface area (Å²) in [6.45, 7) is 0.676. The van der Waals surface area contributed by atoms with E-state index >= 15 is 0 Å². The molecule has 0 radical (unpaired) electrons. The third kappa shape index (κ3) is 5.52. The molecule has 4 N–H and O–H groups in total. The van der Waals surface area contributed by atoms with Gasteiger partial charge in [-0.05, 0) is 20.0 Å². The van der Waals surface area contributed by atoms with E-state index in [0.717, 1.165) is 13.0 Å². The van der Waals surface area contributed by atoms with Crippen molar-refractivity contribution in [1.29, 1.82) is 0 Å². The summed E-state index contributed by atoms with van der Waals surface area (Å²) < 4.78 is 0. The van der Waals surface area contributed by atoms with Crippen LogP contribution in [0.4, 0.5) is 4.79 Å². The number of carboxylic acid groups (broad SMARTS) is 1. The predicted molar refractivity (Wildman–Crippen MR) is 58.2 cm³/mol. The van der Waals surface area contributed by atoms with Crippen molar-refractivity contribution < 1.29 is 19.8 Å². The zero-order valence-electron chi connectivity index (χ0n) is 9.56. The number of amides is 2. The first kappa shape index (κ1) is 14.7. The number of hydrogen-bond acceptors (Lipinski definition) is 4. The molecule has 16 heavy (non-hydrogen) atoms. The van der Waals surface area contributed by atoms with Gasteiger partial charge in [0.15, 0.2) is 6.04 Å². The summed E-state index contributed by atoms with van der Waals surface area (Å²) in [5, 5.41) is 22.5. The topological polar surface area (TPSA) is 102 Å². The van der Waals surface area contributed by atoms with Gasteiger partial charge >= 0.3 is 12.0 Å². The van der Waals surface area contributed by atoms with Crippen LogP contribution in [0.5, 0.6) is 0 Å². The lowest BCUT2D eigenvalue weighted by molar-refractivity contribution is -0.140. The number of nitrogens with zero attached hydrogens (tertiary/aromatic N) is 1. The molecule has 0 bridgehead atoms. The van der Waals surface area contributed by atoms with Crippen molar-refractivity contribution in [3.05, 3.63) is 0 Å². The standard InChI is InChI=1S/C9H19N3O4/c1-10-4-3-5-12(2)9(16)11-7(6-13)8(14)15/h7,10,13H,3-6H2,1-2H3,(H,11,16)(H,14,15). The molecular formula is C9H19N3O4. The van der Waals surface area contributed by atoms with Crippen LogP contribution in [0, 0.1) is 0 Å². The second kappa shape index (κ2) is 7.89. The molecule has 7 heteroatoms. The first-order valence-electron chi connectivity index (χ1n) is 5.02. The number of carboxylic acids is 1. The lowest BCUT2D eigenvalue weighted by atomic mass is 10.3. The van der Waals surface area contributed by atoms with Gasteiger partial charge in [-0.25, -0.2) is 9.59 Å². The van der Waals surface area contributed by atoms with Gasteiger partial charge in [0.05, 0.1) is 6.61 Å². The van der Waals surface area contributed by atoms with E-state index < -0.39 is 24.6 Å². The Hall–Kier alpha value is -1.34. The molecule has 0 aliphatic rings. The number of aliphatic hydroxyl groups is 1. The lowest BCUT2D eigenvalue weighted by Crippen LogP contribution is -2.48. The van der Waals surface area contributed by atoms with Crippen LogP contribution in [-0.2, 0) is 4.79 Å². The first-order chi connectivity index (χ1) is 7.52. The molecule has 0 saturated carbocycles. The van der Waals surface area contributed by atoms with Gasteiger partial charge in [0.2, 0.25) is 0 Å². The summed E-state index contributed by atoms with van der Waals surface area (Å²) in [7, 11) is 3.38. The Morgan fingerprint density at radius 1 is 1.44 bits per heavy atom. The van der Waals surface area contributed by atoms with E-state index in [0.29, 0.717) is 6.54 Å². The van der Waals surface area contributed by atoms with E-state index in [1.54, 1.807) is 7.05 Å². The molecule has 0 saturated heterocycles. The van der Waals surface area contributed by atoms with Crippen LogP contribution in [0.15, 0.2) is 0 Å². The fourth-order valence-electron chi connectivity index (χ4n) is 1.04. The molecule has 1 atom stereocenters. The van der Waals surface area contributed by atoms with E-state index in [4.69, 9.17) is 10.2 Å². The molecule has 0 aromatic carbocycles. The highest BCUT2D eigenvalue weighted by atomic mass is 16.4. The predicted octanol–water partition coefficient (Wildman–Crippen LogP) is -1.32. The highest BCUT2D eigenvalue weighted by molar-refractivity contribution is 5.82. The smallest absolute Gasteiger partial charge is 0.328 e. The molecule has 94 valence electrons. The molecule has 7 nitrogen and oxygen atoms in total. The zero-order chi connectivity index (χ0) is 12.6. The van der Waals surface area contributed by atoms with Crippen LogP contribution in [0.1, 0.15) is 6.42 Å². The minimum Gasteiger partial charge on any atom is -0.480 e. The average Bonchev–Trinajstić information content (AvgIpc) is 2.25. The Bertz CT molecular complexity index is 235. The summed E-state index contributed by atoms with van der Waals surface area (Å²) >= 11 is 0. The van der Waals surface area contributed by atoms with Crippen molar-refractivity contribution in [3.63, 3.8) is 0 Å². The summed E-state index contributed by atoms with van der Waals surface area (Å²) in [6.07, 6.45) is 0.775. The summed E-state index contributed by atoms with van der Waals surface area (Å²) in [6, 6.07) is -1.75. The average molecular weight is 233 g/mol. The van der Waals surface area contributed by atoms with Gasteiger partial charge in [0.1, 0.15) is 0 Å². The number of hydrogen-bond donors (Lipinski definition) is 4. The van der Waals surface area contributed by atoms with E-state index in [-0.39, 0.29) is 0 Å². The summed E-state index contributed by atoms with van der Waals surface area (Å²) in [4.78, 5) is 23.4. The quantitative estimate of drug-likeness (QED) is 0.409. The number of nitrogens with one attached hydrogen (secondary N) is 2. The van der Waals surface area contributed by atoms with Crippen LogP contribution in [0.2, 0.25) is 0 Å². The van der Waals surface area contributed by atoms with Gasteiger partial charge in [-0.3, -0.25) is 0 Å². The van der Waals surface area contributed by atoms with Gasteiger partial charge in [0.25, 0.3) is 0 Å². The highest BCUT2D eigenvalue weighted by Gasteiger charge is 2.20. The van der Waals surface area contributed by atoms with E-state index in [9.17, 15) is 9.59 Å². The number of rotatable bonds is 7. The number of carbonyl (C=O) groups excluding carboxylic acids is 1. The van der Waals surface area contributed by atoms with Crippen LogP contribution in [0.3, 0.4) is 0 Å². The monoisotopic (exact) mass is 233 g/mol. The number of carbonyl (C=O) groups is 2. The largest absolute Gasteiger partial charge is 0.480 e. The van der Waals surface area contributed by atoms with Crippen molar-refractivity contribution in [2.24, 2.45) is 0 Å². The Morgan fingerprint density at radius 2 is 2.06 bits per heavy atom. The third-order valence-electron chi connectivity index (χ3n) is 2.05. The van der Waals surface area contributed by atoms with Gasteiger partial charge < -0.3 is 25.7 Å². The maximum atomic E-state index is 11.4. The fourth-order valence-corrected chi connectivity index (χ4v) is 1.04. The van der Waals surface area contributed by atoms with Crippen LogP contribution >= 0.6 is 0 Å². The fraction of sp³-hybridized carbons (Fsp3) is 0.778. The molecule has 0 rings (SSSR count). The molecule has 0 aliphatic heterocycles. The van der Waals surface area contributed by atoms with Crippen molar-refractivity contribution in [1.82, 2.24) is 15.5 Å². The second-order valence-electron chi connectivity index (χ2n) is 3.40.